The van der Waals surface area contributed by atoms with Gasteiger partial charge >= 0.3 is 5.97 Å². The van der Waals surface area contributed by atoms with E-state index in [-0.39, 0.29) is 11.8 Å². The molecule has 5 heteroatoms. The molecule has 0 amide bonds. The lowest BCUT2D eigenvalue weighted by Gasteiger charge is -2.44. The summed E-state index contributed by atoms with van der Waals surface area (Å²) in [6.45, 7) is 8.16. The molecule has 1 aromatic carbocycles. The summed E-state index contributed by atoms with van der Waals surface area (Å²) in [5.74, 6) is 0.669. The minimum atomic E-state index is -0.597. The average molecular weight is 397 g/mol. The van der Waals surface area contributed by atoms with Crippen molar-refractivity contribution in [2.75, 3.05) is 11.9 Å². The zero-order chi connectivity index (χ0) is 18.0. The Balaban J connectivity index is 2.40. The summed E-state index contributed by atoms with van der Waals surface area (Å²) in [6.07, 6.45) is 1.46. The largest absolute Gasteiger partial charge is 0.487 e. The van der Waals surface area contributed by atoms with Crippen LogP contribution in [0.1, 0.15) is 51.7 Å². The number of Topliss-reactive ketones (excluding diaryl/α,β-unsaturated/α-hetero) is 1. The van der Waals surface area contributed by atoms with Crippen molar-refractivity contribution in [3.05, 3.63) is 29.3 Å². The van der Waals surface area contributed by atoms with Crippen molar-refractivity contribution in [1.82, 2.24) is 0 Å². The molecule has 0 saturated heterocycles. The number of carbonyl (C=O) groups is 2. The standard InChI is InChI=1S/C19H25BrO4/c1-5-23-16(22)10-9-13-7-6-8-14-17(13)24-18(2,3)12-19(14,4)15(21)11-20/h6-8H,5,9-12H2,1-4H3. The van der Waals surface area contributed by atoms with Gasteiger partial charge in [-0.1, -0.05) is 34.1 Å². The van der Waals surface area contributed by atoms with Crippen molar-refractivity contribution in [2.24, 2.45) is 0 Å². The molecule has 1 aromatic rings. The van der Waals surface area contributed by atoms with Crippen molar-refractivity contribution >= 4 is 27.7 Å². The lowest BCUT2D eigenvalue weighted by atomic mass is 9.69. The predicted octanol–water partition coefficient (Wildman–Crippen LogP) is 3.97. The van der Waals surface area contributed by atoms with E-state index in [1.807, 2.05) is 39.0 Å². The second-order valence-corrected chi connectivity index (χ2v) is 7.59. The van der Waals surface area contributed by atoms with Crippen molar-refractivity contribution < 1.29 is 19.1 Å². The van der Waals surface area contributed by atoms with Crippen molar-refractivity contribution in [3.8, 4) is 5.75 Å². The fourth-order valence-corrected chi connectivity index (χ4v) is 4.08. The van der Waals surface area contributed by atoms with E-state index in [1.54, 1.807) is 6.92 Å². The Bertz CT molecular complexity index is 638. The average Bonchev–Trinajstić information content (AvgIpc) is 2.51. The summed E-state index contributed by atoms with van der Waals surface area (Å²) in [6, 6.07) is 5.85. The summed E-state index contributed by atoms with van der Waals surface area (Å²) < 4.78 is 11.2. The first-order valence-corrected chi connectivity index (χ1v) is 9.42. The Morgan fingerprint density at radius 1 is 1.29 bits per heavy atom. The molecule has 4 nitrogen and oxygen atoms in total. The number of halogens is 1. The van der Waals surface area contributed by atoms with Gasteiger partial charge < -0.3 is 9.47 Å². The second kappa shape index (κ2) is 7.26. The molecular weight excluding hydrogens is 372 g/mol. The maximum absolute atomic E-state index is 12.6. The molecule has 0 aromatic heterocycles. The highest BCUT2D eigenvalue weighted by atomic mass is 79.9. The maximum atomic E-state index is 12.6. The van der Waals surface area contributed by atoms with Crippen molar-refractivity contribution in [3.63, 3.8) is 0 Å². The molecule has 0 aliphatic carbocycles. The molecule has 24 heavy (non-hydrogen) atoms. The van der Waals surface area contributed by atoms with Gasteiger partial charge in [0.2, 0.25) is 0 Å². The SMILES string of the molecule is CCOC(=O)CCc1cccc2c1OC(C)(C)CC2(C)C(=O)CBr. The number of ether oxygens (including phenoxy) is 2. The van der Waals surface area contributed by atoms with E-state index in [0.717, 1.165) is 16.9 Å². The molecular formula is C19H25BrO4. The van der Waals surface area contributed by atoms with Gasteiger partial charge in [0.15, 0.2) is 5.78 Å². The van der Waals surface area contributed by atoms with Crippen molar-refractivity contribution in [2.45, 2.75) is 58.0 Å². The fraction of sp³-hybridized carbons (Fsp3) is 0.579. The van der Waals surface area contributed by atoms with E-state index in [2.05, 4.69) is 15.9 Å². The van der Waals surface area contributed by atoms with Crippen LogP contribution in [0.15, 0.2) is 18.2 Å². The topological polar surface area (TPSA) is 52.6 Å². The summed E-state index contributed by atoms with van der Waals surface area (Å²) in [5.41, 5.74) is 0.815. The number of para-hydroxylation sites is 1. The van der Waals surface area contributed by atoms with E-state index in [1.165, 1.54) is 0 Å². The molecule has 0 fully saturated rings. The van der Waals surface area contributed by atoms with Gasteiger partial charge in [-0.2, -0.15) is 0 Å². The number of fused-ring (bicyclic) bond motifs is 1. The minimum Gasteiger partial charge on any atom is -0.487 e. The zero-order valence-corrected chi connectivity index (χ0v) is 16.4. The van der Waals surface area contributed by atoms with Gasteiger partial charge in [-0.15, -0.1) is 0 Å². The van der Waals surface area contributed by atoms with E-state index in [9.17, 15) is 9.59 Å². The lowest BCUT2D eigenvalue weighted by molar-refractivity contribution is -0.143. The van der Waals surface area contributed by atoms with E-state index < -0.39 is 11.0 Å². The fourth-order valence-electron chi connectivity index (χ4n) is 3.46. The van der Waals surface area contributed by atoms with Crippen LogP contribution in [0.25, 0.3) is 0 Å². The number of alkyl halides is 1. The zero-order valence-electron chi connectivity index (χ0n) is 14.8. The molecule has 0 spiro atoms. The molecule has 1 aliphatic heterocycles. The number of rotatable bonds is 6. The van der Waals surface area contributed by atoms with E-state index in [4.69, 9.17) is 9.47 Å². The van der Waals surface area contributed by atoms with Gasteiger partial charge in [-0.3, -0.25) is 9.59 Å². The first-order valence-electron chi connectivity index (χ1n) is 8.30. The Morgan fingerprint density at radius 2 is 2.00 bits per heavy atom. The van der Waals surface area contributed by atoms with Crippen LogP contribution in [-0.4, -0.2) is 29.3 Å². The van der Waals surface area contributed by atoms with Gasteiger partial charge in [0.05, 0.1) is 17.4 Å². The van der Waals surface area contributed by atoms with Crippen LogP contribution in [-0.2, 0) is 26.2 Å². The van der Waals surface area contributed by atoms with Gasteiger partial charge in [0.25, 0.3) is 0 Å². The number of hydrogen-bond donors (Lipinski definition) is 0. The monoisotopic (exact) mass is 396 g/mol. The van der Waals surface area contributed by atoms with Crippen molar-refractivity contribution in [1.29, 1.82) is 0 Å². The number of benzene rings is 1. The normalized spacial score (nSPS) is 21.5. The highest BCUT2D eigenvalue weighted by Crippen LogP contribution is 2.47. The molecule has 1 atom stereocenters. The van der Waals surface area contributed by atoms with Gasteiger partial charge in [-0.05, 0) is 39.7 Å². The Hall–Kier alpha value is -1.36. The Kier molecular flexibility index (Phi) is 5.74. The predicted molar refractivity (Wildman–Crippen MR) is 96.9 cm³/mol. The van der Waals surface area contributed by atoms with Crippen LogP contribution in [0, 0.1) is 0 Å². The third kappa shape index (κ3) is 3.82. The second-order valence-electron chi connectivity index (χ2n) is 7.03. The first-order chi connectivity index (χ1) is 11.2. The summed E-state index contributed by atoms with van der Waals surface area (Å²) in [5, 5.41) is 0.312. The molecule has 1 unspecified atom stereocenters. The number of aryl methyl sites for hydroxylation is 1. The highest BCUT2D eigenvalue weighted by Gasteiger charge is 2.46. The number of esters is 1. The molecule has 132 valence electrons. The smallest absolute Gasteiger partial charge is 0.306 e. The summed E-state index contributed by atoms with van der Waals surface area (Å²) in [7, 11) is 0. The Morgan fingerprint density at radius 3 is 2.62 bits per heavy atom. The number of ketones is 1. The third-order valence-electron chi connectivity index (χ3n) is 4.49. The van der Waals surface area contributed by atoms with Gasteiger partial charge in [0, 0.05) is 18.4 Å². The number of hydrogen-bond acceptors (Lipinski definition) is 4. The molecule has 1 aliphatic rings. The molecule has 0 saturated carbocycles. The van der Waals surface area contributed by atoms with Crippen LogP contribution < -0.4 is 4.74 Å². The van der Waals surface area contributed by atoms with Crippen LogP contribution in [0.5, 0.6) is 5.75 Å². The van der Waals surface area contributed by atoms with Gasteiger partial charge in [-0.25, -0.2) is 0 Å². The third-order valence-corrected chi connectivity index (χ3v) is 5.00. The molecule has 0 radical (unpaired) electrons. The minimum absolute atomic E-state index is 0.141. The van der Waals surface area contributed by atoms with E-state index >= 15 is 0 Å². The quantitative estimate of drug-likeness (QED) is 0.539. The molecule has 1 heterocycles. The van der Waals surface area contributed by atoms with Crippen LogP contribution in [0.4, 0.5) is 0 Å². The first kappa shape index (κ1) is 19.0. The number of carbonyl (C=O) groups excluding carboxylic acids is 2. The lowest BCUT2D eigenvalue weighted by Crippen LogP contribution is -2.47. The summed E-state index contributed by atoms with van der Waals surface area (Å²) >= 11 is 3.31. The molecule has 0 N–H and O–H groups in total. The summed E-state index contributed by atoms with van der Waals surface area (Å²) in [4.78, 5) is 24.3. The van der Waals surface area contributed by atoms with Crippen LogP contribution >= 0.6 is 15.9 Å². The van der Waals surface area contributed by atoms with Gasteiger partial charge in [0.1, 0.15) is 11.4 Å². The Labute approximate surface area is 152 Å². The maximum Gasteiger partial charge on any atom is 0.306 e. The van der Waals surface area contributed by atoms with Crippen LogP contribution in [0.2, 0.25) is 0 Å². The van der Waals surface area contributed by atoms with E-state index in [0.29, 0.717) is 31.2 Å². The highest BCUT2D eigenvalue weighted by molar-refractivity contribution is 9.09. The van der Waals surface area contributed by atoms with Crippen LogP contribution in [0.3, 0.4) is 0 Å². The molecule has 2 rings (SSSR count). The molecule has 0 bridgehead atoms.